The summed E-state index contributed by atoms with van der Waals surface area (Å²) in [6.07, 6.45) is 2.07. The Hall–Kier alpha value is -1.66. The summed E-state index contributed by atoms with van der Waals surface area (Å²) in [6.45, 7) is 3.98. The molecule has 0 radical (unpaired) electrons. The van der Waals surface area contributed by atoms with E-state index < -0.39 is 0 Å². The third-order valence-electron chi connectivity index (χ3n) is 4.39. The van der Waals surface area contributed by atoms with Gasteiger partial charge in [-0.1, -0.05) is 34.1 Å². The van der Waals surface area contributed by atoms with Gasteiger partial charge in [0.1, 0.15) is 5.82 Å². The summed E-state index contributed by atoms with van der Waals surface area (Å²) in [5.74, 6) is -0.332. The maximum atomic E-state index is 13.8. The molecular formula is C19H21BrFN3S. The fraction of sp³-hybridized carbons (Fsp3) is 0.316. The van der Waals surface area contributed by atoms with Crippen molar-refractivity contribution < 1.29 is 4.39 Å². The van der Waals surface area contributed by atoms with Crippen LogP contribution in [0.4, 0.5) is 15.8 Å². The highest BCUT2D eigenvalue weighted by Crippen LogP contribution is 2.31. The molecule has 0 saturated carbocycles. The standard InChI is InChI=1S/C19H21BrFN3S/c1-13-11-14-5-2-3-6-18(14)24(13)10-4-9-22-19(25)23-17-8-7-15(20)12-16(17)21/h2-3,5-8,12-13H,4,9-11H2,1H3,(H2,22,23,25)/t13-/m1/s1. The molecule has 132 valence electrons. The largest absolute Gasteiger partial charge is 0.368 e. The number of para-hydroxylation sites is 1. The van der Waals surface area contributed by atoms with Crippen LogP contribution in [0.1, 0.15) is 18.9 Å². The molecule has 0 unspecified atom stereocenters. The minimum absolute atomic E-state index is 0.332. The molecule has 0 aliphatic carbocycles. The lowest BCUT2D eigenvalue weighted by atomic mass is 10.1. The minimum atomic E-state index is -0.332. The zero-order valence-electron chi connectivity index (χ0n) is 14.1. The maximum absolute atomic E-state index is 13.8. The van der Waals surface area contributed by atoms with Gasteiger partial charge in [0, 0.05) is 29.3 Å². The van der Waals surface area contributed by atoms with Gasteiger partial charge in [0.15, 0.2) is 5.11 Å². The summed E-state index contributed by atoms with van der Waals surface area (Å²) in [4.78, 5) is 2.45. The van der Waals surface area contributed by atoms with Gasteiger partial charge < -0.3 is 15.5 Å². The summed E-state index contributed by atoms with van der Waals surface area (Å²) in [7, 11) is 0. The lowest BCUT2D eigenvalue weighted by Gasteiger charge is -2.25. The molecule has 0 aromatic heterocycles. The summed E-state index contributed by atoms with van der Waals surface area (Å²) in [5, 5.41) is 6.49. The predicted molar refractivity (Wildman–Crippen MR) is 110 cm³/mol. The van der Waals surface area contributed by atoms with Crippen molar-refractivity contribution in [3.05, 3.63) is 58.3 Å². The van der Waals surface area contributed by atoms with Gasteiger partial charge >= 0.3 is 0 Å². The quantitative estimate of drug-likeness (QED) is 0.539. The number of anilines is 2. The van der Waals surface area contributed by atoms with Gasteiger partial charge in [-0.25, -0.2) is 4.39 Å². The van der Waals surface area contributed by atoms with Crippen LogP contribution in [0.15, 0.2) is 46.9 Å². The van der Waals surface area contributed by atoms with Crippen molar-refractivity contribution in [1.29, 1.82) is 0 Å². The van der Waals surface area contributed by atoms with Crippen LogP contribution >= 0.6 is 28.1 Å². The molecule has 25 heavy (non-hydrogen) atoms. The van der Waals surface area contributed by atoms with Crippen molar-refractivity contribution in [2.75, 3.05) is 23.3 Å². The molecule has 0 fully saturated rings. The average Bonchev–Trinajstić information content (AvgIpc) is 2.90. The number of rotatable bonds is 5. The van der Waals surface area contributed by atoms with Crippen molar-refractivity contribution in [2.24, 2.45) is 0 Å². The first-order chi connectivity index (χ1) is 12.0. The lowest BCUT2D eigenvalue weighted by molar-refractivity contribution is 0.630. The summed E-state index contributed by atoms with van der Waals surface area (Å²) >= 11 is 8.49. The highest BCUT2D eigenvalue weighted by molar-refractivity contribution is 9.10. The molecule has 0 spiro atoms. The molecule has 0 amide bonds. The lowest BCUT2D eigenvalue weighted by Crippen LogP contribution is -2.34. The number of nitrogens with zero attached hydrogens (tertiary/aromatic N) is 1. The highest BCUT2D eigenvalue weighted by atomic mass is 79.9. The molecular weight excluding hydrogens is 401 g/mol. The van der Waals surface area contributed by atoms with E-state index >= 15 is 0 Å². The monoisotopic (exact) mass is 421 g/mol. The third-order valence-corrected chi connectivity index (χ3v) is 5.13. The van der Waals surface area contributed by atoms with E-state index in [-0.39, 0.29) is 5.82 Å². The van der Waals surface area contributed by atoms with Gasteiger partial charge in [-0.15, -0.1) is 0 Å². The van der Waals surface area contributed by atoms with E-state index in [0.29, 0.717) is 21.3 Å². The number of benzene rings is 2. The first kappa shape index (κ1) is 18.1. The second-order valence-corrected chi connectivity index (χ2v) is 7.56. The van der Waals surface area contributed by atoms with Crippen LogP contribution in [0, 0.1) is 5.82 Å². The molecule has 6 heteroatoms. The Morgan fingerprint density at radius 1 is 1.32 bits per heavy atom. The molecule has 1 heterocycles. The fourth-order valence-corrected chi connectivity index (χ4v) is 3.72. The normalized spacial score (nSPS) is 15.8. The Kier molecular flexibility index (Phi) is 5.91. The Balaban J connectivity index is 1.45. The van der Waals surface area contributed by atoms with Crippen LogP contribution in [0.2, 0.25) is 0 Å². The topological polar surface area (TPSA) is 27.3 Å². The Bertz CT molecular complexity index is 768. The number of hydrogen-bond acceptors (Lipinski definition) is 2. The van der Waals surface area contributed by atoms with E-state index in [9.17, 15) is 4.39 Å². The van der Waals surface area contributed by atoms with Crippen LogP contribution in [0.3, 0.4) is 0 Å². The van der Waals surface area contributed by atoms with Crippen molar-refractivity contribution in [2.45, 2.75) is 25.8 Å². The Morgan fingerprint density at radius 3 is 2.92 bits per heavy atom. The third kappa shape index (κ3) is 4.50. The fourth-order valence-electron chi connectivity index (χ4n) is 3.18. The van der Waals surface area contributed by atoms with Crippen LogP contribution in [0.25, 0.3) is 0 Å². The minimum Gasteiger partial charge on any atom is -0.368 e. The summed E-state index contributed by atoms with van der Waals surface area (Å²) in [5.41, 5.74) is 3.14. The van der Waals surface area contributed by atoms with Gasteiger partial charge in [0.05, 0.1) is 5.69 Å². The molecule has 1 aliphatic rings. The number of halogens is 2. The van der Waals surface area contributed by atoms with Crippen molar-refractivity contribution >= 4 is 44.6 Å². The van der Waals surface area contributed by atoms with Crippen LogP contribution < -0.4 is 15.5 Å². The summed E-state index contributed by atoms with van der Waals surface area (Å²) in [6, 6.07) is 14.0. The number of thiocarbonyl (C=S) groups is 1. The second-order valence-electron chi connectivity index (χ2n) is 6.23. The first-order valence-electron chi connectivity index (χ1n) is 8.39. The molecule has 3 nitrogen and oxygen atoms in total. The average molecular weight is 422 g/mol. The van der Waals surface area contributed by atoms with Crippen molar-refractivity contribution in [3.63, 3.8) is 0 Å². The van der Waals surface area contributed by atoms with Crippen LogP contribution in [-0.4, -0.2) is 24.2 Å². The number of nitrogens with one attached hydrogen (secondary N) is 2. The van der Waals surface area contributed by atoms with Gasteiger partial charge in [-0.2, -0.15) is 0 Å². The number of hydrogen-bond donors (Lipinski definition) is 2. The molecule has 1 atom stereocenters. The van der Waals surface area contributed by atoms with Gasteiger partial charge in [-0.3, -0.25) is 0 Å². The molecule has 2 aromatic rings. The second kappa shape index (κ2) is 8.15. The Morgan fingerprint density at radius 2 is 2.12 bits per heavy atom. The zero-order chi connectivity index (χ0) is 17.8. The van der Waals surface area contributed by atoms with Crippen LogP contribution in [0.5, 0.6) is 0 Å². The summed E-state index contributed by atoms with van der Waals surface area (Å²) < 4.78 is 14.5. The van der Waals surface area contributed by atoms with E-state index in [2.05, 4.69) is 62.7 Å². The van der Waals surface area contributed by atoms with Crippen molar-refractivity contribution in [3.8, 4) is 0 Å². The molecule has 2 N–H and O–H groups in total. The zero-order valence-corrected chi connectivity index (χ0v) is 16.5. The van der Waals surface area contributed by atoms with E-state index in [1.807, 2.05) is 0 Å². The Labute approximate surface area is 161 Å². The predicted octanol–water partition coefficient (Wildman–Crippen LogP) is 4.72. The van der Waals surface area contributed by atoms with Crippen molar-refractivity contribution in [1.82, 2.24) is 5.32 Å². The van der Waals surface area contributed by atoms with E-state index in [0.717, 1.165) is 25.9 Å². The first-order valence-corrected chi connectivity index (χ1v) is 9.59. The van der Waals surface area contributed by atoms with E-state index in [4.69, 9.17) is 12.2 Å². The van der Waals surface area contributed by atoms with Crippen LogP contribution in [-0.2, 0) is 6.42 Å². The SMILES string of the molecule is C[C@@H]1Cc2ccccc2N1CCCNC(=S)Nc1ccc(Br)cc1F. The van der Waals surface area contributed by atoms with Gasteiger partial charge in [0.25, 0.3) is 0 Å². The molecule has 3 rings (SSSR count). The van der Waals surface area contributed by atoms with Gasteiger partial charge in [0.2, 0.25) is 0 Å². The molecule has 0 bridgehead atoms. The maximum Gasteiger partial charge on any atom is 0.170 e. The number of fused-ring (bicyclic) bond motifs is 1. The van der Waals surface area contributed by atoms with Gasteiger partial charge in [-0.05, 0) is 61.8 Å². The smallest absolute Gasteiger partial charge is 0.170 e. The van der Waals surface area contributed by atoms with E-state index in [1.54, 1.807) is 12.1 Å². The van der Waals surface area contributed by atoms with E-state index in [1.165, 1.54) is 17.3 Å². The molecule has 1 aliphatic heterocycles. The molecule has 0 saturated heterocycles. The highest BCUT2D eigenvalue weighted by Gasteiger charge is 2.24. The molecule has 2 aromatic carbocycles.